The summed E-state index contributed by atoms with van der Waals surface area (Å²) in [5.41, 5.74) is 5.29. The summed E-state index contributed by atoms with van der Waals surface area (Å²) in [5, 5.41) is 0. The maximum atomic E-state index is 12.4. The summed E-state index contributed by atoms with van der Waals surface area (Å²) >= 11 is 0. The number of phosphoric ester groups is 1. The van der Waals surface area contributed by atoms with E-state index in [0.717, 1.165) is 38.5 Å². The molecule has 0 saturated heterocycles. The van der Waals surface area contributed by atoms with Crippen LogP contribution in [0.15, 0.2) is 24.3 Å². The fourth-order valence-corrected chi connectivity index (χ4v) is 4.74. The van der Waals surface area contributed by atoms with E-state index in [1.54, 1.807) is 0 Å². The molecule has 0 amide bonds. The summed E-state index contributed by atoms with van der Waals surface area (Å²) in [6.07, 6.45) is 25.3. The van der Waals surface area contributed by atoms with Crippen molar-refractivity contribution < 1.29 is 37.6 Å². The number of carbonyl (C=O) groups excluding carboxylic acids is 2. The average molecular weight is 604 g/mol. The summed E-state index contributed by atoms with van der Waals surface area (Å²) in [4.78, 5) is 34.3. The molecule has 10 heteroatoms. The molecule has 0 fully saturated rings. The molecule has 0 bridgehead atoms. The van der Waals surface area contributed by atoms with Gasteiger partial charge in [0.15, 0.2) is 6.10 Å². The molecule has 0 radical (unpaired) electrons. The predicted molar refractivity (Wildman–Crippen MR) is 164 cm³/mol. The van der Waals surface area contributed by atoms with Crippen LogP contribution in [0, 0.1) is 0 Å². The summed E-state index contributed by atoms with van der Waals surface area (Å²) in [6.45, 7) is 3.57. The van der Waals surface area contributed by atoms with Crippen LogP contribution in [0.3, 0.4) is 0 Å². The van der Waals surface area contributed by atoms with Gasteiger partial charge in [-0.1, -0.05) is 109 Å². The Hall–Kier alpha value is -1.51. The van der Waals surface area contributed by atoms with Gasteiger partial charge in [0.25, 0.3) is 0 Å². The molecule has 0 aliphatic heterocycles. The Balaban J connectivity index is 4.41. The third-order valence-corrected chi connectivity index (χ3v) is 7.34. The first kappa shape index (κ1) is 39.5. The number of nitrogens with two attached hydrogens (primary N) is 1. The maximum absolute atomic E-state index is 12.4. The molecule has 0 aromatic heterocycles. The van der Waals surface area contributed by atoms with Gasteiger partial charge in [-0.25, -0.2) is 4.57 Å². The van der Waals surface area contributed by atoms with Crippen LogP contribution < -0.4 is 5.73 Å². The molecule has 0 aromatic carbocycles. The van der Waals surface area contributed by atoms with Gasteiger partial charge in [-0.15, -0.1) is 0 Å². The van der Waals surface area contributed by atoms with Crippen molar-refractivity contribution in [3.8, 4) is 0 Å². The second kappa shape index (κ2) is 28.6. The van der Waals surface area contributed by atoms with Crippen LogP contribution in [0.5, 0.6) is 0 Å². The van der Waals surface area contributed by atoms with Crippen molar-refractivity contribution >= 4 is 19.8 Å². The van der Waals surface area contributed by atoms with Crippen molar-refractivity contribution in [1.29, 1.82) is 0 Å². The molecule has 3 N–H and O–H groups in total. The second-order valence-electron chi connectivity index (χ2n) is 10.3. The molecule has 0 aliphatic carbocycles. The topological polar surface area (TPSA) is 134 Å². The van der Waals surface area contributed by atoms with Gasteiger partial charge in [0, 0.05) is 19.4 Å². The molecular formula is C31H58NO8P. The van der Waals surface area contributed by atoms with Crippen LogP contribution in [0.2, 0.25) is 0 Å². The van der Waals surface area contributed by atoms with Crippen molar-refractivity contribution in [3.63, 3.8) is 0 Å². The van der Waals surface area contributed by atoms with Crippen LogP contribution in [0.25, 0.3) is 0 Å². The monoisotopic (exact) mass is 603 g/mol. The van der Waals surface area contributed by atoms with Crippen molar-refractivity contribution in [3.05, 3.63) is 24.3 Å². The molecule has 2 unspecified atom stereocenters. The van der Waals surface area contributed by atoms with Gasteiger partial charge in [-0.05, 0) is 32.1 Å². The molecule has 0 aromatic rings. The van der Waals surface area contributed by atoms with E-state index in [1.165, 1.54) is 57.8 Å². The Bertz CT molecular complexity index is 744. The molecule has 0 rings (SSSR count). The van der Waals surface area contributed by atoms with Gasteiger partial charge in [0.2, 0.25) is 0 Å². The Labute approximate surface area is 249 Å². The number of esters is 2. The van der Waals surface area contributed by atoms with Gasteiger partial charge >= 0.3 is 19.8 Å². The first-order chi connectivity index (χ1) is 19.8. The molecule has 0 aliphatic rings. The number of allylic oxidation sites excluding steroid dienone is 4. The standard InChI is InChI=1S/C31H58NO8P/c1-3-5-7-9-11-12-13-14-15-16-18-20-22-24-31(34)40-29(28-39-41(35,36)38-26-25-32)27-37-30(33)23-21-19-17-10-8-6-4-2/h14-15,18,20,29H,3-13,16-17,19,21-28,32H2,1-2H3,(H,35,36)/b15-14+,20-18+. The summed E-state index contributed by atoms with van der Waals surface area (Å²) in [6, 6.07) is 0. The zero-order chi connectivity index (χ0) is 30.4. The highest BCUT2D eigenvalue weighted by Crippen LogP contribution is 2.43. The summed E-state index contributed by atoms with van der Waals surface area (Å²) in [5.74, 6) is -0.917. The van der Waals surface area contributed by atoms with Crippen LogP contribution in [-0.4, -0.2) is 49.3 Å². The number of ether oxygens (including phenoxy) is 2. The molecule has 240 valence electrons. The highest BCUT2D eigenvalue weighted by molar-refractivity contribution is 7.47. The Morgan fingerprint density at radius 2 is 1.32 bits per heavy atom. The van der Waals surface area contributed by atoms with Gasteiger partial charge < -0.3 is 20.1 Å². The molecular weight excluding hydrogens is 545 g/mol. The SMILES string of the molecule is CCCCCCCC/C=C/C/C=C/CCC(=O)OC(COC(=O)CCCCCCCCC)COP(=O)(O)OCCN. The third kappa shape index (κ3) is 28.4. The lowest BCUT2D eigenvalue weighted by Gasteiger charge is -2.19. The van der Waals surface area contributed by atoms with Crippen molar-refractivity contribution in [1.82, 2.24) is 0 Å². The van der Waals surface area contributed by atoms with Crippen molar-refractivity contribution in [2.75, 3.05) is 26.4 Å². The van der Waals surface area contributed by atoms with E-state index < -0.39 is 32.5 Å². The van der Waals surface area contributed by atoms with Gasteiger partial charge in [0.1, 0.15) is 6.61 Å². The van der Waals surface area contributed by atoms with Gasteiger partial charge in [-0.2, -0.15) is 0 Å². The predicted octanol–water partition coefficient (Wildman–Crippen LogP) is 7.71. The zero-order valence-corrected chi connectivity index (χ0v) is 26.7. The molecule has 0 saturated carbocycles. The summed E-state index contributed by atoms with van der Waals surface area (Å²) < 4.78 is 32.3. The molecule has 9 nitrogen and oxygen atoms in total. The van der Waals surface area contributed by atoms with Crippen LogP contribution in [0.1, 0.15) is 129 Å². The van der Waals surface area contributed by atoms with E-state index in [-0.39, 0.29) is 32.6 Å². The van der Waals surface area contributed by atoms with E-state index in [1.807, 2.05) is 12.2 Å². The fourth-order valence-electron chi connectivity index (χ4n) is 3.98. The maximum Gasteiger partial charge on any atom is 0.472 e. The lowest BCUT2D eigenvalue weighted by molar-refractivity contribution is -0.161. The number of phosphoric acid groups is 1. The minimum absolute atomic E-state index is 0.0466. The zero-order valence-electron chi connectivity index (χ0n) is 25.8. The van der Waals surface area contributed by atoms with E-state index in [2.05, 4.69) is 26.0 Å². The molecule has 0 spiro atoms. The van der Waals surface area contributed by atoms with E-state index in [4.69, 9.17) is 24.3 Å². The van der Waals surface area contributed by atoms with Crippen LogP contribution in [-0.2, 0) is 32.7 Å². The molecule has 41 heavy (non-hydrogen) atoms. The lowest BCUT2D eigenvalue weighted by atomic mass is 10.1. The Morgan fingerprint density at radius 1 is 0.732 bits per heavy atom. The number of carbonyl (C=O) groups is 2. The highest BCUT2D eigenvalue weighted by atomic mass is 31.2. The largest absolute Gasteiger partial charge is 0.472 e. The first-order valence-electron chi connectivity index (χ1n) is 15.8. The van der Waals surface area contributed by atoms with Gasteiger partial charge in [0.05, 0.1) is 13.2 Å². The average Bonchev–Trinajstić information content (AvgIpc) is 2.95. The summed E-state index contributed by atoms with van der Waals surface area (Å²) in [7, 11) is -4.37. The Morgan fingerprint density at radius 3 is 1.95 bits per heavy atom. The minimum Gasteiger partial charge on any atom is -0.462 e. The van der Waals surface area contributed by atoms with Crippen LogP contribution >= 0.6 is 7.82 Å². The van der Waals surface area contributed by atoms with Crippen molar-refractivity contribution in [2.24, 2.45) is 5.73 Å². The number of hydrogen-bond donors (Lipinski definition) is 2. The molecule has 0 heterocycles. The number of hydrogen-bond acceptors (Lipinski definition) is 8. The fraction of sp³-hybridized carbons (Fsp3) is 0.806. The number of unbranched alkanes of at least 4 members (excludes halogenated alkanes) is 12. The normalized spacial score (nSPS) is 14.0. The number of rotatable bonds is 29. The van der Waals surface area contributed by atoms with E-state index in [9.17, 15) is 19.0 Å². The highest BCUT2D eigenvalue weighted by Gasteiger charge is 2.25. The quantitative estimate of drug-likeness (QED) is 0.0381. The third-order valence-electron chi connectivity index (χ3n) is 6.35. The minimum atomic E-state index is -4.37. The molecule has 2 atom stereocenters. The smallest absolute Gasteiger partial charge is 0.462 e. The van der Waals surface area contributed by atoms with E-state index >= 15 is 0 Å². The first-order valence-corrected chi connectivity index (χ1v) is 17.3. The van der Waals surface area contributed by atoms with E-state index in [0.29, 0.717) is 6.42 Å². The van der Waals surface area contributed by atoms with Gasteiger partial charge in [-0.3, -0.25) is 18.6 Å². The lowest BCUT2D eigenvalue weighted by Crippen LogP contribution is -2.29. The second-order valence-corrected chi connectivity index (χ2v) is 11.8. The van der Waals surface area contributed by atoms with Crippen LogP contribution in [0.4, 0.5) is 0 Å². The van der Waals surface area contributed by atoms with Crippen molar-refractivity contribution in [2.45, 2.75) is 136 Å². The Kier molecular flexibility index (Phi) is 27.5.